The second-order valence-corrected chi connectivity index (χ2v) is 2.56. The van der Waals surface area contributed by atoms with Gasteiger partial charge in [-0.15, -0.1) is 0 Å². The van der Waals surface area contributed by atoms with Crippen LogP contribution in [0.25, 0.3) is 0 Å². The number of carboxylic acids is 1. The Balaban J connectivity index is 2.92. The van der Waals surface area contributed by atoms with Crippen molar-refractivity contribution < 1.29 is 14.3 Å². The molecule has 1 rings (SSSR count). The van der Waals surface area contributed by atoms with Gasteiger partial charge in [0, 0.05) is 5.56 Å². The number of hydrogen-bond donors (Lipinski definition) is 2. The first-order chi connectivity index (χ1) is 5.65. The van der Waals surface area contributed by atoms with Gasteiger partial charge in [0.15, 0.2) is 0 Å². The molecule has 0 aliphatic carbocycles. The lowest BCUT2D eigenvalue weighted by Gasteiger charge is -1.91. The molecule has 0 bridgehead atoms. The van der Waals surface area contributed by atoms with E-state index in [-0.39, 0.29) is 5.76 Å². The Hall–Kier alpha value is -1.29. The molecule has 0 atom stereocenters. The van der Waals surface area contributed by atoms with Crippen LogP contribution in [-0.2, 0) is 6.54 Å². The predicted molar refractivity (Wildman–Crippen MR) is 43.2 cm³/mol. The minimum atomic E-state index is -1.02. The third-order valence-corrected chi connectivity index (χ3v) is 1.51. The lowest BCUT2D eigenvalue weighted by Crippen LogP contribution is -2.03. The number of furan rings is 1. The third-order valence-electron chi connectivity index (χ3n) is 1.51. The summed E-state index contributed by atoms with van der Waals surface area (Å²) in [5.41, 5.74) is 0.660. The molecule has 0 aliphatic heterocycles. The first kappa shape index (κ1) is 8.80. The quantitative estimate of drug-likeness (QED) is 0.708. The van der Waals surface area contributed by atoms with Crippen LogP contribution in [-0.4, -0.2) is 18.1 Å². The Bertz CT molecular complexity index is 290. The maximum Gasteiger partial charge on any atom is 0.372 e. The SMILES string of the molecule is CNCc1cc(C)c(C(=O)O)o1. The van der Waals surface area contributed by atoms with Crippen LogP contribution in [0.1, 0.15) is 21.9 Å². The molecule has 2 N–H and O–H groups in total. The van der Waals surface area contributed by atoms with Gasteiger partial charge in [-0.05, 0) is 20.0 Å². The van der Waals surface area contributed by atoms with Crippen molar-refractivity contribution in [2.75, 3.05) is 7.05 Å². The van der Waals surface area contributed by atoms with E-state index in [9.17, 15) is 4.79 Å². The summed E-state index contributed by atoms with van der Waals surface area (Å²) in [5, 5.41) is 11.5. The molecular weight excluding hydrogens is 158 g/mol. The number of nitrogens with one attached hydrogen (secondary N) is 1. The average molecular weight is 169 g/mol. The summed E-state index contributed by atoms with van der Waals surface area (Å²) < 4.78 is 5.05. The normalized spacial score (nSPS) is 10.2. The molecule has 1 aromatic rings. The van der Waals surface area contributed by atoms with Crippen LogP contribution in [0.4, 0.5) is 0 Å². The van der Waals surface area contributed by atoms with E-state index < -0.39 is 5.97 Å². The highest BCUT2D eigenvalue weighted by Gasteiger charge is 2.13. The maximum atomic E-state index is 10.5. The van der Waals surface area contributed by atoms with E-state index in [1.165, 1.54) is 0 Å². The molecule has 12 heavy (non-hydrogen) atoms. The van der Waals surface area contributed by atoms with E-state index in [0.717, 1.165) is 0 Å². The van der Waals surface area contributed by atoms with Crippen molar-refractivity contribution in [3.63, 3.8) is 0 Å². The van der Waals surface area contributed by atoms with Crippen molar-refractivity contribution in [1.82, 2.24) is 5.32 Å². The van der Waals surface area contributed by atoms with E-state index >= 15 is 0 Å². The van der Waals surface area contributed by atoms with Gasteiger partial charge in [-0.25, -0.2) is 4.79 Å². The molecule has 4 heteroatoms. The highest BCUT2D eigenvalue weighted by Crippen LogP contribution is 2.13. The predicted octanol–water partition coefficient (Wildman–Crippen LogP) is 1.01. The Morgan fingerprint density at radius 3 is 2.83 bits per heavy atom. The molecule has 66 valence electrons. The topological polar surface area (TPSA) is 62.5 Å². The molecule has 0 radical (unpaired) electrons. The minimum absolute atomic E-state index is 0.0280. The van der Waals surface area contributed by atoms with Crippen molar-refractivity contribution in [3.8, 4) is 0 Å². The number of carbonyl (C=O) groups is 1. The number of hydrogen-bond acceptors (Lipinski definition) is 3. The fourth-order valence-corrected chi connectivity index (χ4v) is 1.02. The van der Waals surface area contributed by atoms with Gasteiger partial charge in [-0.3, -0.25) is 0 Å². The summed E-state index contributed by atoms with van der Waals surface area (Å²) in [6.45, 7) is 2.26. The Morgan fingerprint density at radius 1 is 1.75 bits per heavy atom. The molecule has 0 spiro atoms. The lowest BCUT2D eigenvalue weighted by atomic mass is 10.2. The fraction of sp³-hybridized carbons (Fsp3) is 0.375. The van der Waals surface area contributed by atoms with Crippen molar-refractivity contribution in [2.24, 2.45) is 0 Å². The van der Waals surface area contributed by atoms with Gasteiger partial charge >= 0.3 is 5.97 Å². The largest absolute Gasteiger partial charge is 0.475 e. The van der Waals surface area contributed by atoms with E-state index in [1.54, 1.807) is 20.0 Å². The summed E-state index contributed by atoms with van der Waals surface area (Å²) in [7, 11) is 1.78. The second kappa shape index (κ2) is 3.40. The minimum Gasteiger partial charge on any atom is -0.475 e. The zero-order valence-corrected chi connectivity index (χ0v) is 7.05. The number of carboxylic acid groups (broad SMARTS) is 1. The molecule has 1 heterocycles. The number of rotatable bonds is 3. The van der Waals surface area contributed by atoms with Crippen LogP contribution in [0.15, 0.2) is 10.5 Å². The molecule has 0 fully saturated rings. The Kier molecular flexibility index (Phi) is 2.50. The van der Waals surface area contributed by atoms with Gasteiger partial charge in [-0.2, -0.15) is 0 Å². The molecule has 0 unspecified atom stereocenters. The molecule has 0 aliphatic rings. The third kappa shape index (κ3) is 1.65. The second-order valence-electron chi connectivity index (χ2n) is 2.56. The van der Waals surface area contributed by atoms with E-state index in [0.29, 0.717) is 17.9 Å². The van der Waals surface area contributed by atoms with E-state index in [4.69, 9.17) is 9.52 Å². The summed E-state index contributed by atoms with van der Waals surface area (Å²) in [5.74, 6) is -0.345. The van der Waals surface area contributed by atoms with Crippen LogP contribution in [0.2, 0.25) is 0 Å². The fourth-order valence-electron chi connectivity index (χ4n) is 1.02. The molecule has 0 amide bonds. The van der Waals surface area contributed by atoms with Crippen molar-refractivity contribution in [2.45, 2.75) is 13.5 Å². The summed E-state index contributed by atoms with van der Waals surface area (Å²) in [6.07, 6.45) is 0. The highest BCUT2D eigenvalue weighted by molar-refractivity contribution is 5.86. The van der Waals surface area contributed by atoms with E-state index in [2.05, 4.69) is 5.32 Å². The highest BCUT2D eigenvalue weighted by atomic mass is 16.4. The van der Waals surface area contributed by atoms with Gasteiger partial charge in [0.1, 0.15) is 5.76 Å². The molecule has 1 aromatic heterocycles. The van der Waals surface area contributed by atoms with Gasteiger partial charge in [0.25, 0.3) is 0 Å². The average Bonchev–Trinajstić information content (AvgIpc) is 2.32. The monoisotopic (exact) mass is 169 g/mol. The molecule has 4 nitrogen and oxygen atoms in total. The van der Waals surface area contributed by atoms with E-state index in [1.807, 2.05) is 0 Å². The molecule has 0 aromatic carbocycles. The van der Waals surface area contributed by atoms with Gasteiger partial charge in [0.2, 0.25) is 5.76 Å². The van der Waals surface area contributed by atoms with Crippen LogP contribution in [0, 0.1) is 6.92 Å². The Labute approximate surface area is 70.2 Å². The van der Waals surface area contributed by atoms with Gasteiger partial charge in [0.05, 0.1) is 6.54 Å². The maximum absolute atomic E-state index is 10.5. The van der Waals surface area contributed by atoms with Crippen LogP contribution < -0.4 is 5.32 Å². The molecular formula is C8H11NO3. The summed E-state index contributed by atoms with van der Waals surface area (Å²) in [4.78, 5) is 10.5. The standard InChI is InChI=1S/C8H11NO3/c1-5-3-6(4-9-2)12-7(5)8(10)11/h3,9H,4H2,1-2H3,(H,10,11). The molecule has 0 saturated carbocycles. The lowest BCUT2D eigenvalue weighted by molar-refractivity contribution is 0.0659. The zero-order chi connectivity index (χ0) is 9.14. The number of aryl methyl sites for hydroxylation is 1. The van der Waals surface area contributed by atoms with Crippen LogP contribution in [0.3, 0.4) is 0 Å². The first-order valence-electron chi connectivity index (χ1n) is 3.62. The van der Waals surface area contributed by atoms with Crippen molar-refractivity contribution >= 4 is 5.97 Å². The van der Waals surface area contributed by atoms with Gasteiger partial charge < -0.3 is 14.8 Å². The van der Waals surface area contributed by atoms with Gasteiger partial charge in [-0.1, -0.05) is 0 Å². The Morgan fingerprint density at radius 2 is 2.42 bits per heavy atom. The van der Waals surface area contributed by atoms with Crippen LogP contribution in [0.5, 0.6) is 0 Å². The number of aromatic carboxylic acids is 1. The summed E-state index contributed by atoms with van der Waals surface area (Å²) in [6, 6.07) is 1.72. The van der Waals surface area contributed by atoms with Crippen molar-refractivity contribution in [3.05, 3.63) is 23.2 Å². The van der Waals surface area contributed by atoms with Crippen molar-refractivity contribution in [1.29, 1.82) is 0 Å². The first-order valence-corrected chi connectivity index (χ1v) is 3.62. The van der Waals surface area contributed by atoms with Crippen LogP contribution >= 0.6 is 0 Å². The summed E-state index contributed by atoms with van der Waals surface area (Å²) >= 11 is 0. The molecule has 0 saturated heterocycles. The smallest absolute Gasteiger partial charge is 0.372 e. The zero-order valence-electron chi connectivity index (χ0n) is 7.05.